The largest absolute Gasteiger partial charge is 0.381 e. The number of nitrogens with zero attached hydrogens (tertiary/aromatic N) is 5. The molecule has 0 atom stereocenters. The van der Waals surface area contributed by atoms with Crippen LogP contribution in [0.15, 0.2) is 6.33 Å². The monoisotopic (exact) mass is 507 g/mol. The van der Waals surface area contributed by atoms with Crippen LogP contribution in [0.25, 0.3) is 0 Å². The highest BCUT2D eigenvalue weighted by atomic mass is 32.2. The van der Waals surface area contributed by atoms with Gasteiger partial charge in [-0.2, -0.15) is 0 Å². The Balaban J connectivity index is 1.28. The predicted octanol–water partition coefficient (Wildman–Crippen LogP) is 2.10. The van der Waals surface area contributed by atoms with Gasteiger partial charge in [0.25, 0.3) is 5.91 Å². The van der Waals surface area contributed by atoms with E-state index in [4.69, 9.17) is 4.74 Å². The molecule has 0 N–H and O–H groups in total. The molecule has 35 heavy (non-hydrogen) atoms. The third-order valence-electron chi connectivity index (χ3n) is 8.33. The van der Waals surface area contributed by atoms with Crippen LogP contribution in [0, 0.1) is 12.8 Å². The second-order valence-corrected chi connectivity index (χ2v) is 12.5. The quantitative estimate of drug-likeness (QED) is 0.558. The van der Waals surface area contributed by atoms with Crippen LogP contribution >= 0.6 is 0 Å². The number of piperidine rings is 2. The Morgan fingerprint density at radius 2 is 1.71 bits per heavy atom. The van der Waals surface area contributed by atoms with E-state index in [1.165, 1.54) is 10.6 Å². The molecule has 0 aliphatic carbocycles. The molecule has 10 heteroatoms. The average molecular weight is 508 g/mol. The van der Waals surface area contributed by atoms with Gasteiger partial charge < -0.3 is 14.5 Å². The summed E-state index contributed by atoms with van der Waals surface area (Å²) < 4.78 is 30.7. The fraction of sp³-hybridized carbons (Fsp3) is 0.800. The van der Waals surface area contributed by atoms with Gasteiger partial charge in [-0.1, -0.05) is 0 Å². The van der Waals surface area contributed by atoms with Crippen LogP contribution in [0.4, 0.5) is 0 Å². The minimum Gasteiger partial charge on any atom is -0.381 e. The van der Waals surface area contributed by atoms with Gasteiger partial charge in [0.2, 0.25) is 10.0 Å². The molecule has 196 valence electrons. The lowest BCUT2D eigenvalue weighted by atomic mass is 9.93. The summed E-state index contributed by atoms with van der Waals surface area (Å²) in [5.74, 6) is 0.692. The fourth-order valence-corrected chi connectivity index (χ4v) is 6.55. The first-order valence-corrected chi connectivity index (χ1v) is 14.9. The number of aromatic nitrogens is 2. The molecule has 3 aliphatic heterocycles. The van der Waals surface area contributed by atoms with Crippen LogP contribution in [0.5, 0.6) is 0 Å². The van der Waals surface area contributed by atoms with Crippen molar-refractivity contribution in [2.75, 3.05) is 52.7 Å². The van der Waals surface area contributed by atoms with E-state index >= 15 is 0 Å². The highest BCUT2D eigenvalue weighted by Crippen LogP contribution is 2.26. The van der Waals surface area contributed by atoms with Crippen molar-refractivity contribution in [3.8, 4) is 0 Å². The molecule has 0 aromatic carbocycles. The summed E-state index contributed by atoms with van der Waals surface area (Å²) in [6.07, 6.45) is 10.6. The number of carbonyl (C=O) groups excluding carboxylic acids is 1. The Labute approximate surface area is 210 Å². The van der Waals surface area contributed by atoms with E-state index in [1.807, 2.05) is 11.8 Å². The highest BCUT2D eigenvalue weighted by molar-refractivity contribution is 7.88. The Kier molecular flexibility index (Phi) is 8.78. The van der Waals surface area contributed by atoms with Gasteiger partial charge in [0.05, 0.1) is 6.26 Å². The van der Waals surface area contributed by atoms with E-state index in [0.29, 0.717) is 17.7 Å². The summed E-state index contributed by atoms with van der Waals surface area (Å²) >= 11 is 0. The van der Waals surface area contributed by atoms with E-state index in [9.17, 15) is 13.2 Å². The first-order valence-electron chi connectivity index (χ1n) is 13.1. The molecular weight excluding hydrogens is 466 g/mol. The maximum Gasteiger partial charge on any atom is 0.272 e. The summed E-state index contributed by atoms with van der Waals surface area (Å²) in [5.41, 5.74) is 2.46. The van der Waals surface area contributed by atoms with Crippen LogP contribution in [-0.2, 0) is 21.2 Å². The van der Waals surface area contributed by atoms with Crippen LogP contribution in [0.1, 0.15) is 66.7 Å². The summed E-state index contributed by atoms with van der Waals surface area (Å²) in [5, 5.41) is 0. The van der Waals surface area contributed by atoms with Crippen molar-refractivity contribution < 1.29 is 17.9 Å². The lowest BCUT2D eigenvalue weighted by Gasteiger charge is -2.43. The second-order valence-electron chi connectivity index (χ2n) is 10.5. The average Bonchev–Trinajstić information content (AvgIpc) is 2.87. The Bertz CT molecular complexity index is 966. The molecular formula is C25H41N5O4S. The lowest BCUT2D eigenvalue weighted by molar-refractivity contribution is 0.0542. The van der Waals surface area contributed by atoms with Crippen LogP contribution in [0.3, 0.4) is 0 Å². The minimum atomic E-state index is -3.15. The van der Waals surface area contributed by atoms with E-state index < -0.39 is 10.0 Å². The normalized spacial score (nSPS) is 22.1. The molecule has 3 saturated heterocycles. The Morgan fingerprint density at radius 3 is 2.34 bits per heavy atom. The van der Waals surface area contributed by atoms with Crippen molar-refractivity contribution in [1.29, 1.82) is 0 Å². The molecule has 0 spiro atoms. The SMILES string of the molecule is Cc1c(CCC2CCOCC2)ncnc1C(=O)N1CCC(N2CCC(N(C)S(C)(=O)=O)CC2)CC1. The molecule has 3 aliphatic rings. The van der Waals surface area contributed by atoms with E-state index in [2.05, 4.69) is 14.9 Å². The molecule has 4 rings (SSSR count). The number of ether oxygens (including phenoxy) is 1. The molecule has 4 heterocycles. The molecule has 0 saturated carbocycles. The molecule has 9 nitrogen and oxygen atoms in total. The molecule has 3 fully saturated rings. The van der Waals surface area contributed by atoms with Gasteiger partial charge in [0.15, 0.2) is 0 Å². The number of hydrogen-bond donors (Lipinski definition) is 0. The number of amides is 1. The summed E-state index contributed by atoms with van der Waals surface area (Å²) in [6, 6.07) is 0.536. The molecule has 1 aromatic heterocycles. The molecule has 1 amide bonds. The van der Waals surface area contributed by atoms with Gasteiger partial charge in [-0.15, -0.1) is 0 Å². The van der Waals surface area contributed by atoms with Crippen molar-refractivity contribution in [1.82, 2.24) is 24.1 Å². The second kappa shape index (κ2) is 11.6. The van der Waals surface area contributed by atoms with Gasteiger partial charge >= 0.3 is 0 Å². The number of hydrogen-bond acceptors (Lipinski definition) is 7. The third kappa shape index (κ3) is 6.58. The van der Waals surface area contributed by atoms with Gasteiger partial charge in [0.1, 0.15) is 12.0 Å². The van der Waals surface area contributed by atoms with Gasteiger partial charge in [-0.3, -0.25) is 4.79 Å². The summed E-state index contributed by atoms with van der Waals surface area (Å²) in [6.45, 7) is 6.96. The lowest BCUT2D eigenvalue weighted by Crippen LogP contribution is -2.52. The Hall–Kier alpha value is -1.62. The predicted molar refractivity (Wildman–Crippen MR) is 135 cm³/mol. The van der Waals surface area contributed by atoms with Gasteiger partial charge in [-0.25, -0.2) is 22.7 Å². The standard InChI is InChI=1S/C25H41N5O4S/c1-19-23(5-4-20-10-16-34-17-11-20)26-18-27-24(19)25(31)30-14-8-22(9-15-30)29-12-6-21(7-13-29)28(2)35(3,32)33/h18,20-22H,4-17H2,1-3H3. The zero-order valence-corrected chi connectivity index (χ0v) is 22.3. The third-order valence-corrected chi connectivity index (χ3v) is 9.67. The van der Waals surface area contributed by atoms with Crippen molar-refractivity contribution in [2.24, 2.45) is 5.92 Å². The van der Waals surface area contributed by atoms with E-state index in [0.717, 1.165) is 102 Å². The topological polar surface area (TPSA) is 95.9 Å². The minimum absolute atomic E-state index is 0.0177. The van der Waals surface area contributed by atoms with Crippen LogP contribution in [0.2, 0.25) is 0 Å². The van der Waals surface area contributed by atoms with Gasteiger partial charge in [-0.05, 0) is 77.3 Å². The molecule has 0 bridgehead atoms. The maximum atomic E-state index is 13.3. The number of aryl methyl sites for hydroxylation is 1. The Morgan fingerprint density at radius 1 is 1.06 bits per heavy atom. The summed E-state index contributed by atoms with van der Waals surface area (Å²) in [4.78, 5) is 26.6. The number of sulfonamides is 1. The smallest absolute Gasteiger partial charge is 0.272 e. The van der Waals surface area contributed by atoms with Crippen LogP contribution in [-0.4, -0.2) is 103 Å². The first-order chi connectivity index (χ1) is 16.7. The van der Waals surface area contributed by atoms with Gasteiger partial charge in [0, 0.05) is 56.7 Å². The fourth-order valence-electron chi connectivity index (χ4n) is 5.80. The van der Waals surface area contributed by atoms with E-state index in [-0.39, 0.29) is 11.9 Å². The number of rotatable bonds is 7. The molecule has 0 radical (unpaired) electrons. The number of carbonyl (C=O) groups is 1. The number of likely N-dealkylation sites (tertiary alicyclic amines) is 2. The van der Waals surface area contributed by atoms with Crippen molar-refractivity contribution in [3.05, 3.63) is 23.3 Å². The van der Waals surface area contributed by atoms with Crippen LogP contribution < -0.4 is 0 Å². The van der Waals surface area contributed by atoms with Crippen molar-refractivity contribution in [2.45, 2.75) is 70.4 Å². The summed E-state index contributed by atoms with van der Waals surface area (Å²) in [7, 11) is -1.46. The van der Waals surface area contributed by atoms with Crippen molar-refractivity contribution >= 4 is 15.9 Å². The zero-order valence-electron chi connectivity index (χ0n) is 21.5. The first kappa shape index (κ1) is 26.4. The maximum absolute atomic E-state index is 13.3. The highest BCUT2D eigenvalue weighted by Gasteiger charge is 2.33. The molecule has 1 aromatic rings. The van der Waals surface area contributed by atoms with E-state index in [1.54, 1.807) is 13.4 Å². The zero-order chi connectivity index (χ0) is 25.0. The van der Waals surface area contributed by atoms with Crippen molar-refractivity contribution in [3.63, 3.8) is 0 Å². The molecule has 0 unspecified atom stereocenters.